The van der Waals surface area contributed by atoms with E-state index in [-0.39, 0.29) is 12.6 Å². The van der Waals surface area contributed by atoms with Gasteiger partial charge in [-0.2, -0.15) is 0 Å². The van der Waals surface area contributed by atoms with E-state index in [0.29, 0.717) is 12.3 Å². The van der Waals surface area contributed by atoms with Crippen LogP contribution in [0, 0.1) is 12.8 Å². The van der Waals surface area contributed by atoms with Gasteiger partial charge in [0.05, 0.1) is 6.61 Å². The minimum absolute atomic E-state index is 0.135. The second kappa shape index (κ2) is 5.27. The zero-order valence-electron chi connectivity index (χ0n) is 6.72. The molecule has 0 saturated heterocycles. The highest BCUT2D eigenvalue weighted by atomic mass is 16.5. The molecular weight excluding hydrogens is 128 g/mol. The second-order valence-electron chi connectivity index (χ2n) is 2.65. The van der Waals surface area contributed by atoms with Gasteiger partial charge in [-0.25, -0.2) is 0 Å². The van der Waals surface area contributed by atoms with Gasteiger partial charge < -0.3 is 4.74 Å². The third-order valence-corrected chi connectivity index (χ3v) is 1.19. The predicted molar refractivity (Wildman–Crippen MR) is 40.4 cm³/mol. The van der Waals surface area contributed by atoms with Crippen molar-refractivity contribution in [3.05, 3.63) is 6.92 Å². The molecule has 0 fully saturated rings. The van der Waals surface area contributed by atoms with E-state index in [2.05, 4.69) is 25.5 Å². The first-order chi connectivity index (χ1) is 4.66. The second-order valence-corrected chi connectivity index (χ2v) is 2.65. The number of hydrogen-bond donors (Lipinski definition) is 0. The van der Waals surface area contributed by atoms with Crippen LogP contribution in [0.25, 0.3) is 0 Å². The molecule has 59 valence electrons. The summed E-state index contributed by atoms with van der Waals surface area (Å²) in [4.78, 5) is 10.7. The maximum absolute atomic E-state index is 10.7. The van der Waals surface area contributed by atoms with E-state index in [1.54, 1.807) is 0 Å². The van der Waals surface area contributed by atoms with Crippen molar-refractivity contribution in [3.8, 4) is 0 Å². The first-order valence-electron chi connectivity index (χ1n) is 3.61. The molecule has 0 bridgehead atoms. The van der Waals surface area contributed by atoms with Crippen LogP contribution in [0.1, 0.15) is 26.7 Å². The summed E-state index contributed by atoms with van der Waals surface area (Å²) in [7, 11) is 0. The Kier molecular flexibility index (Phi) is 4.99. The molecule has 0 spiro atoms. The fourth-order valence-corrected chi connectivity index (χ4v) is 0.593. The normalized spacial score (nSPS) is 10.0. The lowest BCUT2D eigenvalue weighted by atomic mass is 10.1. The van der Waals surface area contributed by atoms with Crippen molar-refractivity contribution in [2.75, 3.05) is 6.61 Å². The van der Waals surface area contributed by atoms with E-state index in [0.717, 1.165) is 6.42 Å². The molecule has 0 N–H and O–H groups in total. The summed E-state index contributed by atoms with van der Waals surface area (Å²) in [5.74, 6) is 0.432. The summed E-state index contributed by atoms with van der Waals surface area (Å²) < 4.78 is 4.64. The highest BCUT2D eigenvalue weighted by Crippen LogP contribution is 2.03. The largest absolute Gasteiger partial charge is 0.466 e. The molecule has 0 aromatic carbocycles. The first kappa shape index (κ1) is 9.47. The number of ether oxygens (including phenoxy) is 1. The van der Waals surface area contributed by atoms with Crippen LogP contribution in [0.15, 0.2) is 0 Å². The maximum Gasteiger partial charge on any atom is 0.305 e. The summed E-state index contributed by atoms with van der Waals surface area (Å²) in [5, 5.41) is 0. The number of hydrogen-bond acceptors (Lipinski definition) is 2. The number of carbonyl (C=O) groups is 1. The van der Waals surface area contributed by atoms with Crippen LogP contribution in [0.3, 0.4) is 0 Å². The van der Waals surface area contributed by atoms with Gasteiger partial charge in [0.25, 0.3) is 0 Å². The summed E-state index contributed by atoms with van der Waals surface area (Å²) in [6.07, 6.45) is 1.42. The Morgan fingerprint density at radius 3 is 2.60 bits per heavy atom. The van der Waals surface area contributed by atoms with Crippen LogP contribution in [0.5, 0.6) is 0 Å². The molecule has 0 heterocycles. The number of rotatable bonds is 4. The van der Waals surface area contributed by atoms with Crippen molar-refractivity contribution in [2.45, 2.75) is 26.7 Å². The summed E-state index contributed by atoms with van der Waals surface area (Å²) >= 11 is 0. The van der Waals surface area contributed by atoms with Crippen LogP contribution in [0.4, 0.5) is 0 Å². The SMILES string of the molecule is [CH2]COC(=O)CCC(C)C. The lowest BCUT2D eigenvalue weighted by Crippen LogP contribution is -2.04. The van der Waals surface area contributed by atoms with Crippen LogP contribution in [0.2, 0.25) is 0 Å². The molecule has 0 amide bonds. The minimum Gasteiger partial charge on any atom is -0.466 e. The van der Waals surface area contributed by atoms with Gasteiger partial charge in [-0.05, 0) is 19.3 Å². The predicted octanol–water partition coefficient (Wildman–Crippen LogP) is 1.80. The molecule has 0 aromatic rings. The molecule has 2 heteroatoms. The van der Waals surface area contributed by atoms with Gasteiger partial charge in [-0.15, -0.1) is 0 Å². The lowest BCUT2D eigenvalue weighted by molar-refractivity contribution is -0.142. The fourth-order valence-electron chi connectivity index (χ4n) is 0.593. The molecule has 0 unspecified atom stereocenters. The number of esters is 1. The van der Waals surface area contributed by atoms with Crippen molar-refractivity contribution in [2.24, 2.45) is 5.92 Å². The van der Waals surface area contributed by atoms with Gasteiger partial charge >= 0.3 is 5.97 Å². The Labute approximate surface area is 62.6 Å². The van der Waals surface area contributed by atoms with Gasteiger partial charge in [0, 0.05) is 6.42 Å². The average molecular weight is 143 g/mol. The average Bonchev–Trinajstić information content (AvgIpc) is 1.85. The van der Waals surface area contributed by atoms with E-state index in [4.69, 9.17) is 0 Å². The fraction of sp³-hybridized carbons (Fsp3) is 0.750. The van der Waals surface area contributed by atoms with Gasteiger partial charge in [0.1, 0.15) is 0 Å². The van der Waals surface area contributed by atoms with Crippen molar-refractivity contribution >= 4 is 5.97 Å². The molecule has 0 aliphatic carbocycles. The van der Waals surface area contributed by atoms with Gasteiger partial charge in [-0.1, -0.05) is 13.8 Å². The van der Waals surface area contributed by atoms with Gasteiger partial charge in [0.15, 0.2) is 0 Å². The zero-order chi connectivity index (χ0) is 7.98. The highest BCUT2D eigenvalue weighted by Gasteiger charge is 2.02. The Bertz CT molecular complexity index is 97.4. The molecule has 0 aliphatic heterocycles. The van der Waals surface area contributed by atoms with Crippen LogP contribution in [-0.2, 0) is 9.53 Å². The number of carbonyl (C=O) groups excluding carboxylic acids is 1. The lowest BCUT2D eigenvalue weighted by Gasteiger charge is -2.02. The molecule has 0 rings (SSSR count). The van der Waals surface area contributed by atoms with E-state index < -0.39 is 0 Å². The van der Waals surface area contributed by atoms with E-state index in [9.17, 15) is 4.79 Å². The Morgan fingerprint density at radius 1 is 1.60 bits per heavy atom. The van der Waals surface area contributed by atoms with E-state index in [1.807, 2.05) is 0 Å². The van der Waals surface area contributed by atoms with Crippen LogP contribution in [-0.4, -0.2) is 12.6 Å². The summed E-state index contributed by atoms with van der Waals surface area (Å²) in [6, 6.07) is 0. The molecule has 1 radical (unpaired) electrons. The van der Waals surface area contributed by atoms with Crippen LogP contribution < -0.4 is 0 Å². The molecule has 10 heavy (non-hydrogen) atoms. The third-order valence-electron chi connectivity index (χ3n) is 1.19. The molecule has 0 aromatic heterocycles. The smallest absolute Gasteiger partial charge is 0.305 e. The molecule has 0 aliphatic rings. The first-order valence-corrected chi connectivity index (χ1v) is 3.61. The Morgan fingerprint density at radius 2 is 2.20 bits per heavy atom. The minimum atomic E-state index is -0.135. The Balaban J connectivity index is 3.22. The molecule has 0 saturated carbocycles. The van der Waals surface area contributed by atoms with E-state index >= 15 is 0 Å². The van der Waals surface area contributed by atoms with Gasteiger partial charge in [0.2, 0.25) is 0 Å². The Hall–Kier alpha value is -0.530. The summed E-state index contributed by atoms with van der Waals surface area (Å²) in [5.41, 5.74) is 0. The highest BCUT2D eigenvalue weighted by molar-refractivity contribution is 5.69. The zero-order valence-corrected chi connectivity index (χ0v) is 6.72. The maximum atomic E-state index is 10.7. The molecule has 0 atom stereocenters. The third kappa shape index (κ3) is 5.60. The van der Waals surface area contributed by atoms with Crippen molar-refractivity contribution < 1.29 is 9.53 Å². The summed E-state index contributed by atoms with van der Waals surface area (Å²) in [6.45, 7) is 7.82. The van der Waals surface area contributed by atoms with Gasteiger partial charge in [-0.3, -0.25) is 4.79 Å². The standard InChI is InChI=1S/C8H15O2/c1-4-10-8(9)6-5-7(2)3/h7H,1,4-6H2,2-3H3. The monoisotopic (exact) mass is 143 g/mol. The van der Waals surface area contributed by atoms with Crippen molar-refractivity contribution in [1.29, 1.82) is 0 Å². The topological polar surface area (TPSA) is 26.3 Å². The molecular formula is C8H15O2. The molecule has 2 nitrogen and oxygen atoms in total. The van der Waals surface area contributed by atoms with E-state index in [1.165, 1.54) is 0 Å². The van der Waals surface area contributed by atoms with Crippen LogP contribution >= 0.6 is 0 Å². The van der Waals surface area contributed by atoms with Crippen molar-refractivity contribution in [1.82, 2.24) is 0 Å². The quantitative estimate of drug-likeness (QED) is 0.561. The van der Waals surface area contributed by atoms with Crippen molar-refractivity contribution in [3.63, 3.8) is 0 Å².